The van der Waals surface area contributed by atoms with Crippen LogP contribution in [0.5, 0.6) is 0 Å². The summed E-state index contributed by atoms with van der Waals surface area (Å²) in [4.78, 5) is 9.38. The molecule has 0 aliphatic carbocycles. The first-order chi connectivity index (χ1) is 10.6. The lowest BCUT2D eigenvalue weighted by molar-refractivity contribution is 0.253. The molecule has 0 aromatic rings. The van der Waals surface area contributed by atoms with Crippen LogP contribution in [0.1, 0.15) is 72.6 Å². The third-order valence-corrected chi connectivity index (χ3v) is 4.57. The normalized spacial score (nSPS) is 26.9. The third kappa shape index (κ3) is 4.23. The lowest BCUT2D eigenvalue weighted by atomic mass is 9.83. The molecule has 2 aliphatic rings. The summed E-state index contributed by atoms with van der Waals surface area (Å²) in [6, 6.07) is 0.497. The van der Waals surface area contributed by atoms with Crippen LogP contribution in [-0.4, -0.2) is 37.1 Å². The second kappa shape index (κ2) is 7.98. The van der Waals surface area contributed by atoms with Crippen LogP contribution < -0.4 is 0 Å². The van der Waals surface area contributed by atoms with Crippen molar-refractivity contribution in [2.75, 3.05) is 13.2 Å². The molecule has 0 radical (unpaired) electrons. The molecule has 0 amide bonds. The van der Waals surface area contributed by atoms with Crippen molar-refractivity contribution in [3.8, 4) is 0 Å². The Morgan fingerprint density at radius 2 is 1.41 bits per heavy atom. The van der Waals surface area contributed by atoms with E-state index < -0.39 is 0 Å². The number of hydrogen-bond acceptors (Lipinski definition) is 4. The standard InChI is InChI=1S/C18H32N2O2/c1-5-6-7-8-9-10-11-18(4,16-19-14(2)12-21-16)17-20-15(3)13-22-17/h14-15H,5-13H2,1-4H3. The fourth-order valence-electron chi connectivity index (χ4n) is 3.12. The number of ether oxygens (including phenoxy) is 2. The van der Waals surface area contributed by atoms with Gasteiger partial charge in [-0.2, -0.15) is 0 Å². The number of rotatable bonds is 9. The Balaban J connectivity index is 1.97. The molecule has 2 rings (SSSR count). The van der Waals surface area contributed by atoms with Gasteiger partial charge in [0.25, 0.3) is 0 Å². The number of hydrogen-bond donors (Lipinski definition) is 0. The minimum absolute atomic E-state index is 0.248. The van der Waals surface area contributed by atoms with Crippen molar-refractivity contribution in [2.45, 2.75) is 84.7 Å². The quantitative estimate of drug-likeness (QED) is 0.593. The van der Waals surface area contributed by atoms with E-state index in [2.05, 4.69) is 27.7 Å². The zero-order chi connectivity index (χ0) is 16.0. The van der Waals surface area contributed by atoms with Crippen LogP contribution in [-0.2, 0) is 9.47 Å². The molecule has 4 heteroatoms. The Morgan fingerprint density at radius 1 is 0.909 bits per heavy atom. The Hall–Kier alpha value is -1.06. The third-order valence-electron chi connectivity index (χ3n) is 4.57. The molecular formula is C18H32N2O2. The van der Waals surface area contributed by atoms with Crippen molar-refractivity contribution in [1.29, 1.82) is 0 Å². The van der Waals surface area contributed by atoms with Gasteiger partial charge in [0.15, 0.2) is 11.8 Å². The van der Waals surface area contributed by atoms with Crippen LogP contribution in [0.3, 0.4) is 0 Å². The summed E-state index contributed by atoms with van der Waals surface area (Å²) in [7, 11) is 0. The van der Waals surface area contributed by atoms with Crippen molar-refractivity contribution in [3.05, 3.63) is 0 Å². The summed E-state index contributed by atoms with van der Waals surface area (Å²) in [6.07, 6.45) is 8.75. The van der Waals surface area contributed by atoms with E-state index in [1.54, 1.807) is 0 Å². The average molecular weight is 308 g/mol. The number of aliphatic imine (C=N–C) groups is 2. The molecule has 126 valence electrons. The van der Waals surface area contributed by atoms with Crippen LogP contribution >= 0.6 is 0 Å². The molecule has 22 heavy (non-hydrogen) atoms. The predicted molar refractivity (Wildman–Crippen MR) is 91.8 cm³/mol. The molecule has 0 spiro atoms. The molecule has 2 aliphatic heterocycles. The summed E-state index contributed by atoms with van der Waals surface area (Å²) >= 11 is 0. The van der Waals surface area contributed by atoms with Gasteiger partial charge in [0.1, 0.15) is 18.6 Å². The molecule has 4 nitrogen and oxygen atoms in total. The largest absolute Gasteiger partial charge is 0.478 e. The summed E-state index contributed by atoms with van der Waals surface area (Å²) in [5.74, 6) is 1.67. The summed E-state index contributed by atoms with van der Waals surface area (Å²) in [5, 5.41) is 0. The minimum atomic E-state index is -0.278. The fourth-order valence-corrected chi connectivity index (χ4v) is 3.12. The lowest BCUT2D eigenvalue weighted by Crippen LogP contribution is -2.37. The van der Waals surface area contributed by atoms with Crippen LogP contribution in [0.2, 0.25) is 0 Å². The molecule has 2 atom stereocenters. The highest BCUT2D eigenvalue weighted by Crippen LogP contribution is 2.34. The van der Waals surface area contributed by atoms with Crippen molar-refractivity contribution < 1.29 is 9.47 Å². The zero-order valence-electron chi connectivity index (χ0n) is 14.7. The second-order valence-corrected chi connectivity index (χ2v) is 7.04. The zero-order valence-corrected chi connectivity index (χ0v) is 14.7. The summed E-state index contributed by atoms with van der Waals surface area (Å²) in [5.41, 5.74) is -0.278. The Bertz CT molecular complexity index is 389. The smallest absolute Gasteiger partial charge is 0.199 e. The van der Waals surface area contributed by atoms with E-state index in [0.29, 0.717) is 13.2 Å². The summed E-state index contributed by atoms with van der Waals surface area (Å²) in [6.45, 7) is 10.0. The number of unbranched alkanes of at least 4 members (excludes halogenated alkanes) is 5. The molecule has 0 aromatic heterocycles. The van der Waals surface area contributed by atoms with Crippen LogP contribution in [0.4, 0.5) is 0 Å². The van der Waals surface area contributed by atoms with Gasteiger partial charge in [0.05, 0.1) is 12.1 Å². The topological polar surface area (TPSA) is 43.2 Å². The molecule has 0 N–H and O–H groups in total. The SMILES string of the molecule is CCCCCCCCC(C)(C1=NC(C)CO1)C1=NC(C)CO1. The summed E-state index contributed by atoms with van der Waals surface area (Å²) < 4.78 is 11.7. The molecule has 0 saturated carbocycles. The predicted octanol–water partition coefficient (Wildman–Crippen LogP) is 4.38. The second-order valence-electron chi connectivity index (χ2n) is 7.04. The minimum Gasteiger partial charge on any atom is -0.478 e. The van der Waals surface area contributed by atoms with Crippen LogP contribution in [0.25, 0.3) is 0 Å². The van der Waals surface area contributed by atoms with Gasteiger partial charge in [-0.15, -0.1) is 0 Å². The van der Waals surface area contributed by atoms with Gasteiger partial charge in [0.2, 0.25) is 0 Å². The first kappa shape index (κ1) is 17.3. The Labute approximate surface area is 135 Å². The van der Waals surface area contributed by atoms with Gasteiger partial charge in [-0.1, -0.05) is 45.4 Å². The highest BCUT2D eigenvalue weighted by molar-refractivity contribution is 6.05. The molecule has 2 heterocycles. The van der Waals surface area contributed by atoms with E-state index in [9.17, 15) is 0 Å². The fraction of sp³-hybridized carbons (Fsp3) is 0.889. The maximum atomic E-state index is 5.86. The first-order valence-electron chi connectivity index (χ1n) is 8.98. The van der Waals surface area contributed by atoms with Crippen molar-refractivity contribution in [3.63, 3.8) is 0 Å². The maximum absolute atomic E-state index is 5.86. The molecule has 2 unspecified atom stereocenters. The molecule has 0 aromatic carbocycles. The Kier molecular flexibility index (Phi) is 6.27. The van der Waals surface area contributed by atoms with Crippen LogP contribution in [0, 0.1) is 5.41 Å². The first-order valence-corrected chi connectivity index (χ1v) is 8.98. The van der Waals surface area contributed by atoms with Gasteiger partial charge in [-0.05, 0) is 27.2 Å². The Morgan fingerprint density at radius 3 is 1.86 bits per heavy atom. The van der Waals surface area contributed by atoms with Crippen molar-refractivity contribution in [2.24, 2.45) is 15.4 Å². The van der Waals surface area contributed by atoms with E-state index in [1.165, 1.54) is 38.5 Å². The monoisotopic (exact) mass is 308 g/mol. The lowest BCUT2D eigenvalue weighted by Gasteiger charge is -2.28. The number of nitrogens with zero attached hydrogens (tertiary/aromatic N) is 2. The van der Waals surface area contributed by atoms with Crippen molar-refractivity contribution in [1.82, 2.24) is 0 Å². The van der Waals surface area contributed by atoms with E-state index in [-0.39, 0.29) is 17.5 Å². The van der Waals surface area contributed by atoms with Crippen LogP contribution in [0.15, 0.2) is 9.98 Å². The van der Waals surface area contributed by atoms with E-state index >= 15 is 0 Å². The highest BCUT2D eigenvalue weighted by atomic mass is 16.5. The van der Waals surface area contributed by atoms with Gasteiger partial charge in [0, 0.05) is 0 Å². The maximum Gasteiger partial charge on any atom is 0.199 e. The molecule has 0 fully saturated rings. The van der Waals surface area contributed by atoms with E-state index in [4.69, 9.17) is 19.5 Å². The molecular weight excluding hydrogens is 276 g/mol. The van der Waals surface area contributed by atoms with Crippen molar-refractivity contribution >= 4 is 11.8 Å². The molecule has 0 bridgehead atoms. The molecule has 0 saturated heterocycles. The van der Waals surface area contributed by atoms with Gasteiger partial charge < -0.3 is 9.47 Å². The van der Waals surface area contributed by atoms with E-state index in [1.807, 2.05) is 0 Å². The van der Waals surface area contributed by atoms with Gasteiger partial charge in [-0.3, -0.25) is 0 Å². The average Bonchev–Trinajstić information content (AvgIpc) is 3.11. The van der Waals surface area contributed by atoms with E-state index in [0.717, 1.165) is 18.2 Å². The highest BCUT2D eigenvalue weighted by Gasteiger charge is 2.43. The van der Waals surface area contributed by atoms with Gasteiger partial charge in [-0.25, -0.2) is 9.98 Å². The van der Waals surface area contributed by atoms with Gasteiger partial charge >= 0.3 is 0 Å².